The molecule has 3 fully saturated rings. The number of carboxylic acid groups (broad SMARTS) is 1. The highest BCUT2D eigenvalue weighted by molar-refractivity contribution is 6.21. The van der Waals surface area contributed by atoms with Crippen molar-refractivity contribution >= 4 is 40.9 Å². The van der Waals surface area contributed by atoms with Crippen molar-refractivity contribution in [2.24, 2.45) is 16.8 Å². The third-order valence-electron chi connectivity index (χ3n) is 8.54. The van der Waals surface area contributed by atoms with E-state index < -0.39 is 29.9 Å². The first-order valence-electron chi connectivity index (χ1n) is 14.7. The van der Waals surface area contributed by atoms with Crippen LogP contribution in [0.3, 0.4) is 0 Å². The number of aromatic carboxylic acids is 1. The summed E-state index contributed by atoms with van der Waals surface area (Å²) in [7, 11) is 0. The summed E-state index contributed by atoms with van der Waals surface area (Å²) in [5.41, 5.74) is 1.25. The van der Waals surface area contributed by atoms with E-state index in [-0.39, 0.29) is 35.0 Å². The van der Waals surface area contributed by atoms with Crippen LogP contribution in [0, 0.1) is 17.7 Å². The van der Waals surface area contributed by atoms with Crippen LogP contribution in [0.1, 0.15) is 47.2 Å². The second-order valence-corrected chi connectivity index (χ2v) is 11.5. The average molecular weight is 598 g/mol. The highest BCUT2D eigenvalue weighted by Gasteiger charge is 2.37. The van der Waals surface area contributed by atoms with Crippen LogP contribution < -0.4 is 15.5 Å². The standard InChI is InChI=1S/C33H32FN5O5/c34-26-10-3-1-8-24(26)29-25-9-2-4-11-27(25)39(19-28(40)38-17-20-12-13-21(18-38)15-14-20)31(41)30(36-29)37-33(44)35-23-7-5-6-22(16-23)32(42)43/h1-11,16,20-21,30H,12-15,17-19H2,(H,42,43)(H2,35,37,44)/t20?,21?,30-/m0/s1. The first-order chi connectivity index (χ1) is 21.3. The van der Waals surface area contributed by atoms with E-state index in [4.69, 9.17) is 0 Å². The Morgan fingerprint density at radius 2 is 1.55 bits per heavy atom. The van der Waals surface area contributed by atoms with Crippen LogP contribution in [0.5, 0.6) is 0 Å². The maximum atomic E-state index is 15.2. The molecule has 4 aliphatic rings. The zero-order valence-corrected chi connectivity index (χ0v) is 23.9. The van der Waals surface area contributed by atoms with Gasteiger partial charge in [0.25, 0.3) is 5.91 Å². The van der Waals surface area contributed by atoms with Gasteiger partial charge >= 0.3 is 12.0 Å². The van der Waals surface area contributed by atoms with Crippen molar-refractivity contribution in [2.75, 3.05) is 29.9 Å². The Labute approximate surface area is 253 Å². The number of hydrogen-bond acceptors (Lipinski definition) is 5. The molecule has 10 nitrogen and oxygen atoms in total. The van der Waals surface area contributed by atoms with Gasteiger partial charge in [0.05, 0.1) is 17.0 Å². The predicted molar refractivity (Wildman–Crippen MR) is 162 cm³/mol. The second kappa shape index (κ2) is 12.3. The summed E-state index contributed by atoms with van der Waals surface area (Å²) in [6.45, 7) is 1.03. The van der Waals surface area contributed by atoms with Gasteiger partial charge in [0, 0.05) is 29.9 Å². The molecule has 3 N–H and O–H groups in total. The summed E-state index contributed by atoms with van der Waals surface area (Å²) in [4.78, 5) is 60.2. The Bertz CT molecular complexity index is 1640. The van der Waals surface area contributed by atoms with Crippen molar-refractivity contribution in [1.82, 2.24) is 10.2 Å². The lowest BCUT2D eigenvalue weighted by Gasteiger charge is -2.29. The Hall–Kier alpha value is -5.06. The highest BCUT2D eigenvalue weighted by atomic mass is 19.1. The fraction of sp³-hybridized carbons (Fsp3) is 0.303. The number of amides is 4. The molecule has 44 heavy (non-hydrogen) atoms. The van der Waals surface area contributed by atoms with Gasteiger partial charge in [0.1, 0.15) is 12.4 Å². The number of carbonyl (C=O) groups is 4. The van der Waals surface area contributed by atoms with Gasteiger partial charge in [-0.15, -0.1) is 0 Å². The van der Waals surface area contributed by atoms with Crippen LogP contribution in [0.2, 0.25) is 0 Å². The number of fused-ring (bicyclic) bond motifs is 5. The first kappa shape index (κ1) is 29.0. The number of aliphatic imine (C=N–C) groups is 1. The van der Waals surface area contributed by atoms with Crippen molar-refractivity contribution in [3.63, 3.8) is 0 Å². The number of nitrogens with zero attached hydrogens (tertiary/aromatic N) is 3. The maximum absolute atomic E-state index is 15.2. The van der Waals surface area contributed by atoms with E-state index in [0.29, 0.717) is 36.2 Å². The molecule has 0 aromatic heterocycles. The van der Waals surface area contributed by atoms with Crippen LogP contribution in [0.25, 0.3) is 0 Å². The number of urea groups is 1. The Morgan fingerprint density at radius 3 is 2.23 bits per heavy atom. The largest absolute Gasteiger partial charge is 0.478 e. The smallest absolute Gasteiger partial charge is 0.335 e. The number of halogens is 1. The molecule has 226 valence electrons. The Kier molecular flexibility index (Phi) is 8.10. The van der Waals surface area contributed by atoms with Gasteiger partial charge in [-0.2, -0.15) is 0 Å². The molecule has 0 spiro atoms. The van der Waals surface area contributed by atoms with Gasteiger partial charge in [-0.25, -0.2) is 19.0 Å². The third kappa shape index (κ3) is 6.03. The lowest BCUT2D eigenvalue weighted by molar-refractivity contribution is -0.132. The topological polar surface area (TPSA) is 131 Å². The zero-order chi connectivity index (χ0) is 30.8. The van der Waals surface area contributed by atoms with Crippen molar-refractivity contribution in [3.05, 3.63) is 95.3 Å². The molecule has 1 atom stereocenters. The molecular formula is C33H32FN5O5. The van der Waals surface area contributed by atoms with E-state index >= 15 is 4.39 Å². The van der Waals surface area contributed by atoms with Crippen LogP contribution in [0.15, 0.2) is 77.8 Å². The summed E-state index contributed by atoms with van der Waals surface area (Å²) in [5, 5.41) is 14.4. The molecule has 1 saturated carbocycles. The van der Waals surface area contributed by atoms with Crippen molar-refractivity contribution < 1.29 is 28.7 Å². The number of nitrogens with one attached hydrogen (secondary N) is 2. The molecule has 1 aliphatic carbocycles. The second-order valence-electron chi connectivity index (χ2n) is 11.5. The van der Waals surface area contributed by atoms with Gasteiger partial charge in [-0.05, 0) is 73.9 Å². The number of benzodiazepines with no additional fused rings is 1. The minimum atomic E-state index is -1.52. The normalized spacial score (nSPS) is 21.1. The molecule has 2 saturated heterocycles. The van der Waals surface area contributed by atoms with Crippen molar-refractivity contribution in [1.29, 1.82) is 0 Å². The van der Waals surface area contributed by atoms with Gasteiger partial charge in [0.15, 0.2) is 0 Å². The number of hydrogen-bond donors (Lipinski definition) is 3. The molecule has 11 heteroatoms. The lowest BCUT2D eigenvalue weighted by atomic mass is 9.84. The van der Waals surface area contributed by atoms with E-state index in [1.165, 1.54) is 41.3 Å². The molecule has 0 radical (unpaired) electrons. The molecular weight excluding hydrogens is 565 g/mol. The highest BCUT2D eigenvalue weighted by Crippen LogP contribution is 2.34. The lowest BCUT2D eigenvalue weighted by Crippen LogP contribution is -2.51. The summed E-state index contributed by atoms with van der Waals surface area (Å²) in [6, 6.07) is 17.7. The van der Waals surface area contributed by atoms with Crippen LogP contribution in [-0.4, -0.2) is 65.3 Å². The monoisotopic (exact) mass is 597 g/mol. The average Bonchev–Trinajstić information content (AvgIpc) is 3.40. The predicted octanol–water partition coefficient (Wildman–Crippen LogP) is 4.50. The molecule has 4 amide bonds. The zero-order valence-electron chi connectivity index (χ0n) is 23.9. The fourth-order valence-corrected chi connectivity index (χ4v) is 6.31. The van der Waals surface area contributed by atoms with E-state index in [2.05, 4.69) is 15.6 Å². The number of benzene rings is 3. The van der Waals surface area contributed by atoms with Crippen LogP contribution in [0.4, 0.5) is 20.6 Å². The summed E-state index contributed by atoms with van der Waals surface area (Å²) >= 11 is 0. The minimum absolute atomic E-state index is 0.0321. The van der Waals surface area contributed by atoms with E-state index in [0.717, 1.165) is 25.7 Å². The van der Waals surface area contributed by atoms with Crippen molar-refractivity contribution in [2.45, 2.75) is 31.8 Å². The fourth-order valence-electron chi connectivity index (χ4n) is 6.31. The molecule has 7 rings (SSSR count). The van der Waals surface area contributed by atoms with E-state index in [1.54, 1.807) is 36.4 Å². The van der Waals surface area contributed by atoms with E-state index in [9.17, 15) is 24.3 Å². The van der Waals surface area contributed by atoms with Gasteiger partial charge in [0.2, 0.25) is 12.1 Å². The third-order valence-corrected chi connectivity index (χ3v) is 8.54. The Morgan fingerprint density at radius 1 is 0.886 bits per heavy atom. The van der Waals surface area contributed by atoms with Gasteiger partial charge in [-0.3, -0.25) is 14.5 Å². The molecule has 3 aromatic rings. The molecule has 2 bridgehead atoms. The molecule has 0 unspecified atom stereocenters. The number of anilines is 2. The van der Waals surface area contributed by atoms with E-state index in [1.807, 2.05) is 4.90 Å². The Balaban J connectivity index is 1.34. The minimum Gasteiger partial charge on any atom is -0.478 e. The SMILES string of the molecule is O=C(Nc1cccc(C(=O)O)c1)N[C@@H]1N=C(c2ccccc2F)c2ccccc2N(CC(=O)N2CC3CCC(CC3)C2)C1=O. The number of carbonyl (C=O) groups excluding carboxylic acids is 3. The summed E-state index contributed by atoms with van der Waals surface area (Å²) in [6.07, 6.45) is 2.85. The van der Waals surface area contributed by atoms with Crippen LogP contribution >= 0.6 is 0 Å². The van der Waals surface area contributed by atoms with Gasteiger partial charge in [-0.1, -0.05) is 36.4 Å². The number of carboxylic acids is 1. The van der Waals surface area contributed by atoms with Gasteiger partial charge < -0.3 is 20.6 Å². The number of rotatable bonds is 6. The van der Waals surface area contributed by atoms with Crippen LogP contribution in [-0.2, 0) is 9.59 Å². The number of para-hydroxylation sites is 1. The molecule has 3 aromatic carbocycles. The maximum Gasteiger partial charge on any atom is 0.335 e. The first-order valence-corrected chi connectivity index (χ1v) is 14.7. The quantitative estimate of drug-likeness (QED) is 0.385. The summed E-state index contributed by atoms with van der Waals surface area (Å²) in [5.74, 6) is -1.70. The molecule has 3 aliphatic heterocycles. The van der Waals surface area contributed by atoms with Crippen molar-refractivity contribution in [3.8, 4) is 0 Å². The molecule has 3 heterocycles. The summed E-state index contributed by atoms with van der Waals surface area (Å²) < 4.78 is 15.2.